The van der Waals surface area contributed by atoms with Crippen molar-refractivity contribution < 1.29 is 41.2 Å². The summed E-state index contributed by atoms with van der Waals surface area (Å²) < 4.78 is 0. The number of carbonyl (C=O) groups is 1. The molecular weight excluding hydrogens is 235 g/mol. The monoisotopic (exact) mass is 253 g/mol. The Hall–Kier alpha value is 0.343. The van der Waals surface area contributed by atoms with Crippen LogP contribution in [0.4, 0.5) is 0 Å². The number of aldehydes is 1. The average molecular weight is 254 g/mol. The Labute approximate surface area is 94.3 Å². The minimum absolute atomic E-state index is 0. The summed E-state index contributed by atoms with van der Waals surface area (Å²) in [6, 6.07) is 0. The first-order valence-electron chi connectivity index (χ1n) is 3.47. The molecule has 0 saturated heterocycles. The number of hydrogen-bond donors (Lipinski definition) is 2. The summed E-state index contributed by atoms with van der Waals surface area (Å²) in [6.45, 7) is 9.69. The van der Waals surface area contributed by atoms with Gasteiger partial charge in [0.2, 0.25) is 0 Å². The van der Waals surface area contributed by atoms with Gasteiger partial charge in [0.25, 0.3) is 0 Å². The van der Waals surface area contributed by atoms with E-state index in [1.807, 2.05) is 0 Å². The van der Waals surface area contributed by atoms with Crippen LogP contribution in [0.5, 0.6) is 0 Å². The van der Waals surface area contributed by atoms with Gasteiger partial charge in [-0.15, -0.1) is 0 Å². The van der Waals surface area contributed by atoms with Crippen molar-refractivity contribution in [2.24, 2.45) is 0 Å². The van der Waals surface area contributed by atoms with Gasteiger partial charge in [-0.3, -0.25) is 0 Å². The van der Waals surface area contributed by atoms with Crippen LogP contribution < -0.4 is 0 Å². The maximum atomic E-state index is 8.69. The topological polar surface area (TPSA) is 57.5 Å². The smallest absolute Gasteiger partial charge is 0.0483 e. The Balaban J connectivity index is -0.0000000389. The standard InChI is InChI=1S/2C3H8O.C2H3O.Zr/c2*1-3(2)4;1-2-3;/h2*3-4H,1-2H3;2H,1H2;/q;;-1;. The van der Waals surface area contributed by atoms with Crippen molar-refractivity contribution in [3.8, 4) is 0 Å². The number of rotatable bonds is 0. The molecular formula is C8H19O3Zr-. The predicted molar refractivity (Wildman–Crippen MR) is 46.1 cm³/mol. The minimum atomic E-state index is -0.167. The van der Waals surface area contributed by atoms with Gasteiger partial charge in [-0.05, 0) is 34.0 Å². The molecule has 12 heavy (non-hydrogen) atoms. The molecule has 0 aliphatic heterocycles. The Bertz CT molecular complexity index is 53.8. The molecule has 2 N–H and O–H groups in total. The van der Waals surface area contributed by atoms with Crippen LogP contribution >= 0.6 is 0 Å². The van der Waals surface area contributed by atoms with E-state index in [0.29, 0.717) is 6.29 Å². The Morgan fingerprint density at radius 2 is 1.08 bits per heavy atom. The normalized spacial score (nSPS) is 7.00. The van der Waals surface area contributed by atoms with Crippen LogP contribution in [0, 0.1) is 6.92 Å². The summed E-state index contributed by atoms with van der Waals surface area (Å²) in [6.07, 6.45) is 0.167. The largest absolute Gasteiger partial charge is 0.394 e. The first-order valence-corrected chi connectivity index (χ1v) is 3.47. The maximum Gasteiger partial charge on any atom is 0.0483 e. The SMILES string of the molecule is CC(C)O.CC(C)O.[CH2-]C=O.[Zr]. The van der Waals surface area contributed by atoms with Gasteiger partial charge >= 0.3 is 0 Å². The van der Waals surface area contributed by atoms with E-state index in [9.17, 15) is 0 Å². The second kappa shape index (κ2) is 22.5. The third-order valence-corrected chi connectivity index (χ3v) is 0. The molecule has 0 spiro atoms. The molecule has 0 heterocycles. The van der Waals surface area contributed by atoms with E-state index >= 15 is 0 Å². The molecule has 0 unspecified atom stereocenters. The second-order valence-electron chi connectivity index (χ2n) is 2.35. The molecule has 74 valence electrons. The van der Waals surface area contributed by atoms with Crippen LogP contribution in [0.2, 0.25) is 0 Å². The van der Waals surface area contributed by atoms with Crippen LogP contribution in [-0.2, 0) is 31.0 Å². The second-order valence-corrected chi connectivity index (χ2v) is 2.35. The molecule has 0 rings (SSSR count). The van der Waals surface area contributed by atoms with Gasteiger partial charge in [0.05, 0.1) is 0 Å². The number of carbonyl (C=O) groups excluding carboxylic acids is 1. The molecule has 0 aromatic rings. The molecule has 0 aliphatic rings. The van der Waals surface area contributed by atoms with Crippen LogP contribution in [0.25, 0.3) is 0 Å². The molecule has 0 atom stereocenters. The first-order chi connectivity index (χ1) is 4.88. The Morgan fingerprint density at radius 3 is 1.08 bits per heavy atom. The van der Waals surface area contributed by atoms with E-state index < -0.39 is 0 Å². The van der Waals surface area contributed by atoms with Crippen LogP contribution in [-0.4, -0.2) is 28.7 Å². The van der Waals surface area contributed by atoms with E-state index in [1.165, 1.54) is 0 Å². The summed E-state index contributed by atoms with van der Waals surface area (Å²) >= 11 is 0. The zero-order valence-electron chi connectivity index (χ0n) is 8.24. The maximum absolute atomic E-state index is 8.69. The first kappa shape index (κ1) is 22.8. The van der Waals surface area contributed by atoms with Gasteiger partial charge in [-0.25, -0.2) is 0 Å². The van der Waals surface area contributed by atoms with Crippen molar-refractivity contribution in [3.63, 3.8) is 0 Å². The number of hydrogen-bond acceptors (Lipinski definition) is 3. The van der Waals surface area contributed by atoms with Gasteiger partial charge in [0.15, 0.2) is 0 Å². The van der Waals surface area contributed by atoms with Crippen molar-refractivity contribution >= 4 is 6.29 Å². The summed E-state index contributed by atoms with van der Waals surface area (Å²) in [7, 11) is 0. The van der Waals surface area contributed by atoms with E-state index in [-0.39, 0.29) is 38.4 Å². The van der Waals surface area contributed by atoms with Gasteiger partial charge in [0.1, 0.15) is 0 Å². The van der Waals surface area contributed by atoms with E-state index in [2.05, 4.69) is 6.92 Å². The molecule has 0 aromatic heterocycles. The fourth-order valence-electron chi connectivity index (χ4n) is 0. The van der Waals surface area contributed by atoms with E-state index in [4.69, 9.17) is 15.0 Å². The fourth-order valence-corrected chi connectivity index (χ4v) is 0. The van der Waals surface area contributed by atoms with Gasteiger partial charge in [-0.2, -0.15) is 0 Å². The predicted octanol–water partition coefficient (Wildman–Crippen LogP) is 0.791. The molecule has 0 saturated carbocycles. The number of aliphatic hydroxyl groups is 2. The zero-order chi connectivity index (χ0) is 9.86. The fraction of sp³-hybridized carbons (Fsp3) is 0.750. The molecule has 4 heteroatoms. The van der Waals surface area contributed by atoms with Gasteiger partial charge < -0.3 is 21.9 Å². The molecule has 0 aliphatic carbocycles. The summed E-state index contributed by atoms with van der Waals surface area (Å²) in [4.78, 5) is 8.69. The van der Waals surface area contributed by atoms with Gasteiger partial charge in [0, 0.05) is 38.4 Å². The Kier molecular flexibility index (Phi) is 42.8. The van der Waals surface area contributed by atoms with Crippen LogP contribution in [0.1, 0.15) is 27.7 Å². The molecule has 0 bridgehead atoms. The van der Waals surface area contributed by atoms with Crippen LogP contribution in [0.3, 0.4) is 0 Å². The molecule has 0 aromatic carbocycles. The summed E-state index contributed by atoms with van der Waals surface area (Å²) in [5, 5.41) is 16.1. The Morgan fingerprint density at radius 1 is 1.08 bits per heavy atom. The molecule has 0 radical (unpaired) electrons. The zero-order valence-corrected chi connectivity index (χ0v) is 10.7. The summed E-state index contributed by atoms with van der Waals surface area (Å²) in [5.74, 6) is 0. The van der Waals surface area contributed by atoms with Crippen molar-refractivity contribution in [2.45, 2.75) is 39.9 Å². The van der Waals surface area contributed by atoms with Gasteiger partial charge in [-0.1, -0.05) is 0 Å². The molecule has 0 fully saturated rings. The number of aliphatic hydroxyl groups excluding tert-OH is 2. The quantitative estimate of drug-likeness (QED) is 0.496. The van der Waals surface area contributed by atoms with E-state index in [1.54, 1.807) is 27.7 Å². The average Bonchev–Trinajstić information content (AvgIpc) is 1.60. The third kappa shape index (κ3) is 7670. The molecule has 3 nitrogen and oxygen atoms in total. The molecule has 0 amide bonds. The van der Waals surface area contributed by atoms with Crippen molar-refractivity contribution in [2.75, 3.05) is 0 Å². The minimum Gasteiger partial charge on any atom is -0.394 e. The van der Waals surface area contributed by atoms with Crippen molar-refractivity contribution in [1.82, 2.24) is 0 Å². The van der Waals surface area contributed by atoms with Crippen molar-refractivity contribution in [1.29, 1.82) is 0 Å². The third-order valence-electron chi connectivity index (χ3n) is 0. The van der Waals surface area contributed by atoms with Crippen LogP contribution in [0.15, 0.2) is 0 Å². The van der Waals surface area contributed by atoms with E-state index in [0.717, 1.165) is 0 Å². The van der Waals surface area contributed by atoms with Crippen molar-refractivity contribution in [3.05, 3.63) is 6.92 Å². The summed E-state index contributed by atoms with van der Waals surface area (Å²) in [5.41, 5.74) is 0.